The van der Waals surface area contributed by atoms with E-state index in [1.807, 2.05) is 26.0 Å². The van der Waals surface area contributed by atoms with Gasteiger partial charge in [0, 0.05) is 12.0 Å². The maximum Gasteiger partial charge on any atom is 0.0677 e. The second kappa shape index (κ2) is 4.33. The van der Waals surface area contributed by atoms with E-state index in [1.54, 1.807) is 0 Å². The van der Waals surface area contributed by atoms with Crippen LogP contribution < -0.4 is 5.73 Å². The molecule has 0 aliphatic carbocycles. The number of hydrogen-bond acceptors (Lipinski definition) is 3. The minimum atomic E-state index is 0.141. The van der Waals surface area contributed by atoms with Crippen LogP contribution in [0.25, 0.3) is 0 Å². The van der Waals surface area contributed by atoms with Crippen LogP contribution in [-0.2, 0) is 0 Å². The van der Waals surface area contributed by atoms with Crippen molar-refractivity contribution in [2.75, 3.05) is 0 Å². The molecule has 0 spiro atoms. The zero-order valence-electron chi connectivity index (χ0n) is 8.49. The number of nitrogens with zero attached hydrogens (tertiary/aromatic N) is 2. The first kappa shape index (κ1) is 10.1. The van der Waals surface area contributed by atoms with E-state index < -0.39 is 0 Å². The largest absolute Gasteiger partial charge is 0.327 e. The predicted octanol–water partition coefficient (Wildman–Crippen LogP) is 1.63. The molecule has 2 atom stereocenters. The Balaban J connectivity index is 2.86. The Kier molecular flexibility index (Phi) is 3.37. The number of rotatable bonds is 3. The molecule has 0 aliphatic heterocycles. The average Bonchev–Trinajstić information content (AvgIpc) is 2.09. The first-order chi connectivity index (χ1) is 6.15. The normalized spacial score (nSPS) is 15.4. The summed E-state index contributed by atoms with van der Waals surface area (Å²) in [6.07, 6.45) is 1.01. The monoisotopic (exact) mass is 179 g/mol. The molecular formula is C10H17N3. The van der Waals surface area contributed by atoms with E-state index in [4.69, 9.17) is 5.73 Å². The molecule has 2 unspecified atom stereocenters. The summed E-state index contributed by atoms with van der Waals surface area (Å²) in [6, 6.07) is 4.13. The Morgan fingerprint density at radius 2 is 2.08 bits per heavy atom. The van der Waals surface area contributed by atoms with Crippen molar-refractivity contribution in [2.45, 2.75) is 39.2 Å². The third-order valence-corrected chi connectivity index (χ3v) is 2.27. The van der Waals surface area contributed by atoms with Crippen molar-refractivity contribution in [3.05, 3.63) is 23.5 Å². The molecule has 0 bridgehead atoms. The SMILES string of the molecule is CCC(c1ccc(C)nn1)C(C)N. The van der Waals surface area contributed by atoms with Crippen LogP contribution in [0.3, 0.4) is 0 Å². The summed E-state index contributed by atoms with van der Waals surface area (Å²) in [6.45, 7) is 6.06. The van der Waals surface area contributed by atoms with Crippen LogP contribution in [0.15, 0.2) is 12.1 Å². The quantitative estimate of drug-likeness (QED) is 0.767. The van der Waals surface area contributed by atoms with Gasteiger partial charge >= 0.3 is 0 Å². The first-order valence-corrected chi connectivity index (χ1v) is 4.71. The molecule has 0 fully saturated rings. The Morgan fingerprint density at radius 1 is 1.38 bits per heavy atom. The van der Waals surface area contributed by atoms with Crippen molar-refractivity contribution in [3.63, 3.8) is 0 Å². The van der Waals surface area contributed by atoms with Crippen molar-refractivity contribution >= 4 is 0 Å². The highest BCUT2D eigenvalue weighted by Crippen LogP contribution is 2.19. The highest BCUT2D eigenvalue weighted by molar-refractivity contribution is 5.11. The molecule has 0 saturated carbocycles. The first-order valence-electron chi connectivity index (χ1n) is 4.71. The summed E-state index contributed by atoms with van der Waals surface area (Å²) in [5, 5.41) is 8.17. The molecule has 0 aliphatic rings. The van der Waals surface area contributed by atoms with Gasteiger partial charge in [-0.1, -0.05) is 6.92 Å². The van der Waals surface area contributed by atoms with Crippen LogP contribution in [-0.4, -0.2) is 16.2 Å². The molecule has 0 radical (unpaired) electrons. The van der Waals surface area contributed by atoms with Gasteiger partial charge in [-0.3, -0.25) is 0 Å². The smallest absolute Gasteiger partial charge is 0.0677 e. The third kappa shape index (κ3) is 2.49. The number of hydrogen-bond donors (Lipinski definition) is 1. The van der Waals surface area contributed by atoms with Crippen molar-refractivity contribution < 1.29 is 0 Å². The average molecular weight is 179 g/mol. The Hall–Kier alpha value is -0.960. The molecule has 1 rings (SSSR count). The molecule has 1 aromatic heterocycles. The standard InChI is InChI=1S/C10H17N3/c1-4-9(8(3)11)10-6-5-7(2)12-13-10/h5-6,8-9H,4,11H2,1-3H3. The molecule has 0 saturated heterocycles. The summed E-state index contributed by atoms with van der Waals surface area (Å²) < 4.78 is 0. The summed E-state index contributed by atoms with van der Waals surface area (Å²) in [5.41, 5.74) is 7.80. The van der Waals surface area contributed by atoms with E-state index in [9.17, 15) is 0 Å². The molecule has 0 aromatic carbocycles. The van der Waals surface area contributed by atoms with Gasteiger partial charge in [0.2, 0.25) is 0 Å². The second-order valence-electron chi connectivity index (χ2n) is 3.47. The highest BCUT2D eigenvalue weighted by Gasteiger charge is 2.15. The van der Waals surface area contributed by atoms with E-state index in [0.29, 0.717) is 5.92 Å². The van der Waals surface area contributed by atoms with Gasteiger partial charge in [-0.25, -0.2) is 0 Å². The Morgan fingerprint density at radius 3 is 2.46 bits per heavy atom. The van der Waals surface area contributed by atoms with Gasteiger partial charge in [-0.2, -0.15) is 10.2 Å². The predicted molar refractivity (Wildman–Crippen MR) is 53.5 cm³/mol. The zero-order chi connectivity index (χ0) is 9.84. The van der Waals surface area contributed by atoms with Gasteiger partial charge in [0.05, 0.1) is 11.4 Å². The van der Waals surface area contributed by atoms with Crippen LogP contribution in [0, 0.1) is 6.92 Å². The van der Waals surface area contributed by atoms with Crippen molar-refractivity contribution in [3.8, 4) is 0 Å². The summed E-state index contributed by atoms with van der Waals surface area (Å²) in [4.78, 5) is 0. The van der Waals surface area contributed by atoms with Crippen molar-refractivity contribution in [1.82, 2.24) is 10.2 Å². The summed E-state index contributed by atoms with van der Waals surface area (Å²) in [5.74, 6) is 0.327. The molecule has 13 heavy (non-hydrogen) atoms. The Labute approximate surface area is 79.4 Å². The molecule has 1 aromatic rings. The lowest BCUT2D eigenvalue weighted by atomic mass is 9.95. The number of aromatic nitrogens is 2. The number of nitrogens with two attached hydrogens (primary N) is 1. The molecule has 0 amide bonds. The van der Waals surface area contributed by atoms with Gasteiger partial charge < -0.3 is 5.73 Å². The van der Waals surface area contributed by atoms with Crippen molar-refractivity contribution in [1.29, 1.82) is 0 Å². The number of aryl methyl sites for hydroxylation is 1. The van der Waals surface area contributed by atoms with E-state index in [1.165, 1.54) is 0 Å². The highest BCUT2D eigenvalue weighted by atomic mass is 15.1. The maximum atomic E-state index is 5.85. The summed E-state index contributed by atoms with van der Waals surface area (Å²) in [7, 11) is 0. The van der Waals surface area contributed by atoms with Gasteiger partial charge in [0.25, 0.3) is 0 Å². The second-order valence-corrected chi connectivity index (χ2v) is 3.47. The lowest BCUT2D eigenvalue weighted by Gasteiger charge is -2.17. The third-order valence-electron chi connectivity index (χ3n) is 2.27. The lowest BCUT2D eigenvalue weighted by molar-refractivity contribution is 0.533. The molecule has 3 heteroatoms. The van der Waals surface area contributed by atoms with Crippen LogP contribution >= 0.6 is 0 Å². The minimum Gasteiger partial charge on any atom is -0.327 e. The van der Waals surface area contributed by atoms with Gasteiger partial charge in [-0.05, 0) is 32.4 Å². The van der Waals surface area contributed by atoms with Gasteiger partial charge in [-0.15, -0.1) is 0 Å². The molecule has 1 heterocycles. The van der Waals surface area contributed by atoms with Crippen LogP contribution in [0.2, 0.25) is 0 Å². The van der Waals surface area contributed by atoms with Crippen LogP contribution in [0.5, 0.6) is 0 Å². The molecule has 2 N–H and O–H groups in total. The molecule has 3 nitrogen and oxygen atoms in total. The summed E-state index contributed by atoms with van der Waals surface area (Å²) >= 11 is 0. The van der Waals surface area contributed by atoms with Crippen molar-refractivity contribution in [2.24, 2.45) is 5.73 Å². The van der Waals surface area contributed by atoms with Gasteiger partial charge in [0.1, 0.15) is 0 Å². The zero-order valence-corrected chi connectivity index (χ0v) is 8.49. The Bertz CT molecular complexity index is 253. The fraction of sp³-hybridized carbons (Fsp3) is 0.600. The van der Waals surface area contributed by atoms with E-state index >= 15 is 0 Å². The van der Waals surface area contributed by atoms with E-state index in [0.717, 1.165) is 17.8 Å². The maximum absolute atomic E-state index is 5.85. The fourth-order valence-corrected chi connectivity index (χ4v) is 1.46. The molecule has 72 valence electrons. The van der Waals surface area contributed by atoms with E-state index in [2.05, 4.69) is 17.1 Å². The van der Waals surface area contributed by atoms with E-state index in [-0.39, 0.29) is 6.04 Å². The fourth-order valence-electron chi connectivity index (χ4n) is 1.46. The van der Waals surface area contributed by atoms with Gasteiger partial charge in [0.15, 0.2) is 0 Å². The minimum absolute atomic E-state index is 0.141. The topological polar surface area (TPSA) is 51.8 Å². The van der Waals surface area contributed by atoms with Crippen LogP contribution in [0.1, 0.15) is 37.6 Å². The lowest BCUT2D eigenvalue weighted by Crippen LogP contribution is -2.25. The van der Waals surface area contributed by atoms with Crippen LogP contribution in [0.4, 0.5) is 0 Å². The molecular weight excluding hydrogens is 162 g/mol.